The van der Waals surface area contributed by atoms with Gasteiger partial charge in [-0.1, -0.05) is 59.7 Å². The molecule has 1 aliphatic rings. The van der Waals surface area contributed by atoms with Crippen molar-refractivity contribution in [2.24, 2.45) is 0 Å². The Hall–Kier alpha value is -2.17. The van der Waals surface area contributed by atoms with Crippen LogP contribution in [0.25, 0.3) is 0 Å². The van der Waals surface area contributed by atoms with Crippen molar-refractivity contribution in [2.75, 3.05) is 0 Å². The standard InChI is InChI=1S/C20H25N3O/c1-13-4-8-16(9-5-13)12-18(24)21-20-19(15(3)22-23-20)17-10-6-14(2)7-11-17/h4-11,15,19-20,22-23H,12H2,1-3H3,(H,21,24). The maximum Gasteiger partial charge on any atom is 0.225 e. The summed E-state index contributed by atoms with van der Waals surface area (Å²) in [6.45, 7) is 6.26. The lowest BCUT2D eigenvalue weighted by atomic mass is 9.91. The predicted octanol–water partition coefficient (Wildman–Crippen LogP) is 2.57. The molecule has 4 heteroatoms. The van der Waals surface area contributed by atoms with Gasteiger partial charge in [0.1, 0.15) is 6.17 Å². The van der Waals surface area contributed by atoms with Crippen molar-refractivity contribution in [3.63, 3.8) is 0 Å². The molecule has 126 valence electrons. The van der Waals surface area contributed by atoms with E-state index in [-0.39, 0.29) is 24.0 Å². The molecule has 3 atom stereocenters. The Morgan fingerprint density at radius 1 is 0.958 bits per heavy atom. The van der Waals surface area contributed by atoms with Crippen molar-refractivity contribution in [1.82, 2.24) is 16.2 Å². The van der Waals surface area contributed by atoms with Crippen LogP contribution in [0.15, 0.2) is 48.5 Å². The van der Waals surface area contributed by atoms with Crippen LogP contribution < -0.4 is 16.2 Å². The van der Waals surface area contributed by atoms with Crippen LogP contribution in [0.3, 0.4) is 0 Å². The molecule has 0 aliphatic carbocycles. The van der Waals surface area contributed by atoms with E-state index in [1.54, 1.807) is 0 Å². The van der Waals surface area contributed by atoms with Crippen LogP contribution in [0.1, 0.15) is 35.1 Å². The van der Waals surface area contributed by atoms with Gasteiger partial charge in [-0.2, -0.15) is 0 Å². The first-order chi connectivity index (χ1) is 11.5. The van der Waals surface area contributed by atoms with Crippen molar-refractivity contribution in [1.29, 1.82) is 0 Å². The number of carbonyl (C=O) groups is 1. The molecule has 1 amide bonds. The van der Waals surface area contributed by atoms with Gasteiger partial charge < -0.3 is 5.32 Å². The number of hydrogen-bond acceptors (Lipinski definition) is 3. The van der Waals surface area contributed by atoms with Gasteiger partial charge in [0.25, 0.3) is 0 Å². The van der Waals surface area contributed by atoms with E-state index < -0.39 is 0 Å². The summed E-state index contributed by atoms with van der Waals surface area (Å²) in [5.41, 5.74) is 11.2. The number of hydrazine groups is 1. The van der Waals surface area contributed by atoms with Crippen molar-refractivity contribution in [2.45, 2.75) is 45.3 Å². The topological polar surface area (TPSA) is 53.2 Å². The molecular weight excluding hydrogens is 298 g/mol. The third-order valence-electron chi connectivity index (χ3n) is 4.63. The molecule has 1 heterocycles. The number of benzene rings is 2. The Bertz CT molecular complexity index is 694. The fourth-order valence-electron chi connectivity index (χ4n) is 3.20. The lowest BCUT2D eigenvalue weighted by molar-refractivity contribution is -0.121. The highest BCUT2D eigenvalue weighted by molar-refractivity contribution is 5.79. The van der Waals surface area contributed by atoms with Gasteiger partial charge in [-0.25, -0.2) is 5.43 Å². The summed E-state index contributed by atoms with van der Waals surface area (Å²) >= 11 is 0. The lowest BCUT2D eigenvalue weighted by Crippen LogP contribution is -2.46. The Morgan fingerprint density at radius 2 is 1.54 bits per heavy atom. The summed E-state index contributed by atoms with van der Waals surface area (Å²) in [6.07, 6.45) is 0.286. The molecule has 3 rings (SSSR count). The lowest BCUT2D eigenvalue weighted by Gasteiger charge is -2.22. The molecule has 0 saturated carbocycles. The molecule has 3 unspecified atom stereocenters. The average molecular weight is 323 g/mol. The first-order valence-corrected chi connectivity index (χ1v) is 8.45. The summed E-state index contributed by atoms with van der Waals surface area (Å²) in [6, 6.07) is 16.9. The number of carbonyl (C=O) groups excluding carboxylic acids is 1. The van der Waals surface area contributed by atoms with Crippen LogP contribution in [-0.4, -0.2) is 18.1 Å². The highest BCUT2D eigenvalue weighted by atomic mass is 16.1. The second kappa shape index (κ2) is 7.16. The highest BCUT2D eigenvalue weighted by Gasteiger charge is 2.35. The van der Waals surface area contributed by atoms with E-state index in [1.165, 1.54) is 16.7 Å². The van der Waals surface area contributed by atoms with Gasteiger partial charge in [0.15, 0.2) is 0 Å². The van der Waals surface area contributed by atoms with Gasteiger partial charge in [-0.05, 0) is 31.9 Å². The zero-order valence-corrected chi connectivity index (χ0v) is 14.5. The molecule has 24 heavy (non-hydrogen) atoms. The zero-order chi connectivity index (χ0) is 17.1. The molecule has 1 saturated heterocycles. The Kier molecular flexibility index (Phi) is 4.97. The molecule has 0 radical (unpaired) electrons. The summed E-state index contributed by atoms with van der Waals surface area (Å²) in [7, 11) is 0. The molecule has 4 nitrogen and oxygen atoms in total. The minimum Gasteiger partial charge on any atom is -0.339 e. The molecule has 1 fully saturated rings. The number of rotatable bonds is 4. The maximum atomic E-state index is 12.4. The quantitative estimate of drug-likeness (QED) is 0.810. The molecule has 3 N–H and O–H groups in total. The SMILES string of the molecule is Cc1ccc(CC(=O)NC2NNC(C)C2c2ccc(C)cc2)cc1. The number of amides is 1. The third-order valence-corrected chi connectivity index (χ3v) is 4.63. The smallest absolute Gasteiger partial charge is 0.225 e. The Morgan fingerprint density at radius 3 is 2.17 bits per heavy atom. The largest absolute Gasteiger partial charge is 0.339 e. The molecular formula is C20H25N3O. The first-order valence-electron chi connectivity index (χ1n) is 8.45. The van der Waals surface area contributed by atoms with Gasteiger partial charge in [-0.15, -0.1) is 0 Å². The highest BCUT2D eigenvalue weighted by Crippen LogP contribution is 2.26. The summed E-state index contributed by atoms with van der Waals surface area (Å²) in [5.74, 6) is 0.233. The van der Waals surface area contributed by atoms with Crippen molar-refractivity contribution in [3.8, 4) is 0 Å². The predicted molar refractivity (Wildman–Crippen MR) is 96.5 cm³/mol. The minimum atomic E-state index is -0.111. The summed E-state index contributed by atoms with van der Waals surface area (Å²) in [4.78, 5) is 12.4. The maximum absolute atomic E-state index is 12.4. The van der Waals surface area contributed by atoms with Crippen LogP contribution in [0.5, 0.6) is 0 Å². The van der Waals surface area contributed by atoms with Crippen LogP contribution in [0.2, 0.25) is 0 Å². The number of aryl methyl sites for hydroxylation is 2. The molecule has 0 aromatic heterocycles. The average Bonchev–Trinajstić information content (AvgIpc) is 2.91. The van der Waals surface area contributed by atoms with Crippen molar-refractivity contribution >= 4 is 5.91 Å². The second-order valence-electron chi connectivity index (χ2n) is 6.72. The zero-order valence-electron chi connectivity index (χ0n) is 14.5. The van der Waals surface area contributed by atoms with Crippen molar-refractivity contribution < 1.29 is 4.79 Å². The van der Waals surface area contributed by atoms with E-state index in [2.05, 4.69) is 54.3 Å². The Labute approximate surface area is 143 Å². The monoisotopic (exact) mass is 323 g/mol. The Balaban J connectivity index is 1.67. The fourth-order valence-corrected chi connectivity index (χ4v) is 3.20. The first kappa shape index (κ1) is 16.7. The van der Waals surface area contributed by atoms with E-state index >= 15 is 0 Å². The minimum absolute atomic E-state index is 0.0318. The summed E-state index contributed by atoms with van der Waals surface area (Å²) < 4.78 is 0. The molecule has 2 aromatic carbocycles. The van der Waals surface area contributed by atoms with E-state index in [0.717, 1.165) is 5.56 Å². The van der Waals surface area contributed by atoms with Gasteiger partial charge in [-0.3, -0.25) is 10.2 Å². The van der Waals surface area contributed by atoms with Crippen LogP contribution >= 0.6 is 0 Å². The second-order valence-corrected chi connectivity index (χ2v) is 6.72. The van der Waals surface area contributed by atoms with Gasteiger partial charge in [0.05, 0.1) is 6.42 Å². The van der Waals surface area contributed by atoms with Crippen molar-refractivity contribution in [3.05, 3.63) is 70.8 Å². The molecule has 0 spiro atoms. The molecule has 1 aliphatic heterocycles. The molecule has 2 aromatic rings. The van der Waals surface area contributed by atoms with Crippen LogP contribution in [-0.2, 0) is 11.2 Å². The van der Waals surface area contributed by atoms with Crippen LogP contribution in [0, 0.1) is 13.8 Å². The summed E-state index contributed by atoms with van der Waals surface area (Å²) in [5, 5.41) is 3.12. The normalized spacial score (nSPS) is 23.2. The third kappa shape index (κ3) is 3.83. The van der Waals surface area contributed by atoms with E-state index in [4.69, 9.17) is 0 Å². The van der Waals surface area contributed by atoms with Gasteiger partial charge in [0.2, 0.25) is 5.91 Å². The number of nitrogens with one attached hydrogen (secondary N) is 3. The van der Waals surface area contributed by atoms with E-state index in [9.17, 15) is 4.79 Å². The van der Waals surface area contributed by atoms with Gasteiger partial charge >= 0.3 is 0 Å². The van der Waals surface area contributed by atoms with Gasteiger partial charge in [0, 0.05) is 12.0 Å². The van der Waals surface area contributed by atoms with Crippen LogP contribution in [0.4, 0.5) is 0 Å². The van der Waals surface area contributed by atoms with E-state index in [0.29, 0.717) is 6.42 Å². The molecule has 0 bridgehead atoms. The number of hydrogen-bond donors (Lipinski definition) is 3. The van der Waals surface area contributed by atoms with E-state index in [1.807, 2.05) is 31.2 Å². The fraction of sp³-hybridized carbons (Fsp3) is 0.350.